The standard InChI is InChI=1S/C9H12N2S2/c10-9-11-8(6-13-9)2-1-7-3-4-12-5-7/h3-5,8H,1-2,6H2,(H2,10,11)/t8-/m1/s1. The zero-order valence-electron chi connectivity index (χ0n) is 7.27. The molecule has 2 nitrogen and oxygen atoms in total. The van der Waals surface area contributed by atoms with Gasteiger partial charge in [0, 0.05) is 5.75 Å². The second kappa shape index (κ2) is 4.15. The maximum absolute atomic E-state index is 5.59. The lowest BCUT2D eigenvalue weighted by molar-refractivity contribution is 0.685. The third-order valence-corrected chi connectivity index (χ3v) is 3.76. The summed E-state index contributed by atoms with van der Waals surface area (Å²) >= 11 is 3.43. The average Bonchev–Trinajstić information content (AvgIpc) is 2.71. The summed E-state index contributed by atoms with van der Waals surface area (Å²) in [4.78, 5) is 4.35. The molecule has 0 fully saturated rings. The fraction of sp³-hybridized carbons (Fsp3) is 0.444. The van der Waals surface area contributed by atoms with Crippen LogP contribution in [0.4, 0.5) is 0 Å². The molecular formula is C9H12N2S2. The Hall–Kier alpha value is -0.480. The molecular weight excluding hydrogens is 200 g/mol. The lowest BCUT2D eigenvalue weighted by atomic mass is 10.1. The molecule has 13 heavy (non-hydrogen) atoms. The minimum absolute atomic E-state index is 0.449. The van der Waals surface area contributed by atoms with Crippen LogP contribution in [0.3, 0.4) is 0 Å². The van der Waals surface area contributed by atoms with Crippen LogP contribution in [0.25, 0.3) is 0 Å². The van der Waals surface area contributed by atoms with E-state index in [1.807, 2.05) is 0 Å². The lowest BCUT2D eigenvalue weighted by Gasteiger charge is -2.02. The minimum Gasteiger partial charge on any atom is -0.379 e. The van der Waals surface area contributed by atoms with E-state index in [2.05, 4.69) is 21.8 Å². The van der Waals surface area contributed by atoms with Crippen LogP contribution in [-0.4, -0.2) is 17.0 Å². The summed E-state index contributed by atoms with van der Waals surface area (Å²) in [7, 11) is 0. The molecule has 4 heteroatoms. The normalized spacial score (nSPS) is 21.8. The van der Waals surface area contributed by atoms with Crippen molar-refractivity contribution in [3.63, 3.8) is 0 Å². The Labute approximate surface area is 86.2 Å². The van der Waals surface area contributed by atoms with E-state index in [0.29, 0.717) is 6.04 Å². The van der Waals surface area contributed by atoms with E-state index in [1.165, 1.54) is 5.56 Å². The zero-order chi connectivity index (χ0) is 9.10. The van der Waals surface area contributed by atoms with Crippen LogP contribution in [0.1, 0.15) is 12.0 Å². The maximum atomic E-state index is 5.59. The fourth-order valence-electron chi connectivity index (χ4n) is 1.35. The first-order chi connectivity index (χ1) is 6.34. The van der Waals surface area contributed by atoms with Crippen molar-refractivity contribution < 1.29 is 0 Å². The molecule has 0 saturated carbocycles. The molecule has 0 aliphatic carbocycles. The molecule has 0 spiro atoms. The van der Waals surface area contributed by atoms with Gasteiger partial charge in [0.1, 0.15) is 0 Å². The summed E-state index contributed by atoms with van der Waals surface area (Å²) < 4.78 is 0. The predicted octanol–water partition coefficient (Wildman–Crippen LogP) is 2.11. The third kappa shape index (κ3) is 2.48. The van der Waals surface area contributed by atoms with E-state index < -0.39 is 0 Å². The monoisotopic (exact) mass is 212 g/mol. The van der Waals surface area contributed by atoms with Gasteiger partial charge >= 0.3 is 0 Å². The van der Waals surface area contributed by atoms with Gasteiger partial charge in [-0.1, -0.05) is 11.8 Å². The third-order valence-electron chi connectivity index (χ3n) is 2.08. The van der Waals surface area contributed by atoms with E-state index in [0.717, 1.165) is 23.8 Å². The molecule has 1 aliphatic rings. The van der Waals surface area contributed by atoms with Crippen LogP contribution in [0, 0.1) is 0 Å². The Kier molecular flexibility index (Phi) is 2.90. The van der Waals surface area contributed by atoms with Gasteiger partial charge in [0.2, 0.25) is 0 Å². The first-order valence-electron chi connectivity index (χ1n) is 4.32. The predicted molar refractivity (Wildman–Crippen MR) is 60.5 cm³/mol. The molecule has 1 atom stereocenters. The summed E-state index contributed by atoms with van der Waals surface area (Å²) in [6.45, 7) is 0. The highest BCUT2D eigenvalue weighted by atomic mass is 32.2. The Bertz CT molecular complexity index is 293. The van der Waals surface area contributed by atoms with Gasteiger partial charge in [0.05, 0.1) is 6.04 Å². The minimum atomic E-state index is 0.449. The molecule has 0 amide bonds. The molecule has 1 aliphatic heterocycles. The molecule has 2 rings (SSSR count). The second-order valence-electron chi connectivity index (χ2n) is 3.10. The van der Waals surface area contributed by atoms with Gasteiger partial charge in [0.25, 0.3) is 0 Å². The number of nitrogens with zero attached hydrogens (tertiary/aromatic N) is 1. The van der Waals surface area contributed by atoms with Crippen molar-refractivity contribution in [3.8, 4) is 0 Å². The number of amidine groups is 1. The number of hydrogen-bond donors (Lipinski definition) is 1. The van der Waals surface area contributed by atoms with Crippen LogP contribution in [0.5, 0.6) is 0 Å². The molecule has 0 saturated heterocycles. The van der Waals surface area contributed by atoms with Crippen molar-refractivity contribution >= 4 is 28.3 Å². The smallest absolute Gasteiger partial charge is 0.154 e. The quantitative estimate of drug-likeness (QED) is 0.833. The highest BCUT2D eigenvalue weighted by Crippen LogP contribution is 2.19. The number of rotatable bonds is 3. The molecule has 70 valence electrons. The van der Waals surface area contributed by atoms with Crippen LogP contribution in [0.2, 0.25) is 0 Å². The number of aliphatic imine (C=N–C) groups is 1. The van der Waals surface area contributed by atoms with Crippen molar-refractivity contribution in [2.45, 2.75) is 18.9 Å². The number of thioether (sulfide) groups is 1. The molecule has 0 aromatic carbocycles. The van der Waals surface area contributed by atoms with Gasteiger partial charge < -0.3 is 5.73 Å². The molecule has 2 N–H and O–H groups in total. The topological polar surface area (TPSA) is 38.4 Å². The van der Waals surface area contributed by atoms with Gasteiger partial charge in [-0.15, -0.1) is 0 Å². The molecule has 0 radical (unpaired) electrons. The van der Waals surface area contributed by atoms with Crippen LogP contribution in [-0.2, 0) is 6.42 Å². The second-order valence-corrected chi connectivity index (χ2v) is 4.92. The zero-order valence-corrected chi connectivity index (χ0v) is 8.90. The Morgan fingerprint density at radius 2 is 2.54 bits per heavy atom. The van der Waals surface area contributed by atoms with Gasteiger partial charge in [-0.25, -0.2) is 0 Å². The summed E-state index contributed by atoms with van der Waals surface area (Å²) in [6, 6.07) is 2.63. The number of nitrogens with two attached hydrogens (primary N) is 1. The summed E-state index contributed by atoms with van der Waals surface area (Å²) in [5.41, 5.74) is 7.02. The van der Waals surface area contributed by atoms with E-state index in [1.54, 1.807) is 23.1 Å². The maximum Gasteiger partial charge on any atom is 0.154 e. The molecule has 1 aromatic heterocycles. The van der Waals surface area contributed by atoms with Gasteiger partial charge in [-0.3, -0.25) is 4.99 Å². The summed E-state index contributed by atoms with van der Waals surface area (Å²) in [5.74, 6) is 1.07. The first kappa shape index (κ1) is 9.09. The SMILES string of the molecule is NC1=N[C@H](CCc2ccsc2)CS1. The highest BCUT2D eigenvalue weighted by molar-refractivity contribution is 8.14. The Morgan fingerprint density at radius 3 is 3.15 bits per heavy atom. The van der Waals surface area contributed by atoms with Gasteiger partial charge in [0.15, 0.2) is 5.17 Å². The van der Waals surface area contributed by atoms with E-state index in [-0.39, 0.29) is 0 Å². The molecule has 1 aromatic rings. The highest BCUT2D eigenvalue weighted by Gasteiger charge is 2.15. The molecule has 2 heterocycles. The molecule has 0 unspecified atom stereocenters. The van der Waals surface area contributed by atoms with Crippen LogP contribution in [0.15, 0.2) is 21.8 Å². The van der Waals surface area contributed by atoms with Crippen molar-refractivity contribution in [3.05, 3.63) is 22.4 Å². The van der Waals surface area contributed by atoms with Crippen molar-refractivity contribution in [1.82, 2.24) is 0 Å². The summed E-state index contributed by atoms with van der Waals surface area (Å²) in [6.07, 6.45) is 2.26. The Morgan fingerprint density at radius 1 is 1.62 bits per heavy atom. The lowest BCUT2D eigenvalue weighted by Crippen LogP contribution is -2.05. The largest absolute Gasteiger partial charge is 0.379 e. The van der Waals surface area contributed by atoms with Gasteiger partial charge in [-0.2, -0.15) is 11.3 Å². The van der Waals surface area contributed by atoms with Crippen molar-refractivity contribution in [2.75, 3.05) is 5.75 Å². The number of thiophene rings is 1. The van der Waals surface area contributed by atoms with Crippen molar-refractivity contribution in [1.29, 1.82) is 0 Å². The number of hydrogen-bond acceptors (Lipinski definition) is 4. The Balaban J connectivity index is 1.81. The van der Waals surface area contributed by atoms with E-state index in [9.17, 15) is 0 Å². The average molecular weight is 212 g/mol. The fourth-order valence-corrected chi connectivity index (χ4v) is 2.88. The van der Waals surface area contributed by atoms with Crippen LogP contribution >= 0.6 is 23.1 Å². The summed E-state index contributed by atoms with van der Waals surface area (Å²) in [5, 5.41) is 5.08. The van der Waals surface area contributed by atoms with Crippen molar-refractivity contribution in [2.24, 2.45) is 10.7 Å². The first-order valence-corrected chi connectivity index (χ1v) is 6.24. The van der Waals surface area contributed by atoms with E-state index >= 15 is 0 Å². The van der Waals surface area contributed by atoms with Gasteiger partial charge in [-0.05, 0) is 35.2 Å². The van der Waals surface area contributed by atoms with Crippen LogP contribution < -0.4 is 5.73 Å². The molecule has 0 bridgehead atoms. The van der Waals surface area contributed by atoms with E-state index in [4.69, 9.17) is 5.73 Å². The number of aryl methyl sites for hydroxylation is 1.